The molecule has 2 amide bonds. The number of thioether (sulfide) groups is 2. The number of hydrogen-bond acceptors (Lipinski definition) is 8. The number of hydrogen-bond donors (Lipinski definition) is 1. The Balaban J connectivity index is 2.15. The highest BCUT2D eigenvalue weighted by Crippen LogP contribution is 2.55. The summed E-state index contributed by atoms with van der Waals surface area (Å²) < 4.78 is 9.77. The summed E-state index contributed by atoms with van der Waals surface area (Å²) in [6, 6.07) is -0.734. The van der Waals surface area contributed by atoms with Crippen LogP contribution in [0.15, 0.2) is 0 Å². The molecule has 11 heteroatoms. The Bertz CT molecular complexity index is 737. The summed E-state index contributed by atoms with van der Waals surface area (Å²) >= 11 is 2.79. The lowest BCUT2D eigenvalue weighted by Crippen LogP contribution is -2.69. The molecular formula is C19H30N2O7S2. The quantitative estimate of drug-likeness (QED) is 0.497. The zero-order valence-electron chi connectivity index (χ0n) is 18.4. The molecule has 2 unspecified atom stereocenters. The van der Waals surface area contributed by atoms with E-state index in [1.165, 1.54) is 47.2 Å². The van der Waals surface area contributed by atoms with Crippen LogP contribution in [0.3, 0.4) is 0 Å². The number of carbonyl (C=O) groups is 4. The van der Waals surface area contributed by atoms with Gasteiger partial charge in [0.15, 0.2) is 5.54 Å². The Morgan fingerprint density at radius 3 is 2.23 bits per heavy atom. The monoisotopic (exact) mass is 462 g/mol. The molecule has 2 aliphatic rings. The first kappa shape index (κ1) is 24.6. The molecule has 0 aromatic heterocycles. The van der Waals surface area contributed by atoms with Gasteiger partial charge in [0, 0.05) is 24.3 Å². The first-order chi connectivity index (χ1) is 13.7. The first-order valence-electron chi connectivity index (χ1n) is 9.58. The predicted molar refractivity (Wildman–Crippen MR) is 114 cm³/mol. The summed E-state index contributed by atoms with van der Waals surface area (Å²) in [5.74, 6) is -1.08. The van der Waals surface area contributed by atoms with Gasteiger partial charge in [0.05, 0.1) is 11.8 Å². The Morgan fingerprint density at radius 1 is 1.13 bits per heavy atom. The molecule has 9 nitrogen and oxygen atoms in total. The Kier molecular flexibility index (Phi) is 6.97. The summed E-state index contributed by atoms with van der Waals surface area (Å²) in [6.07, 6.45) is -2.10. The minimum absolute atomic E-state index is 0.132. The van der Waals surface area contributed by atoms with Crippen LogP contribution in [0.4, 0.5) is 4.79 Å². The van der Waals surface area contributed by atoms with Crippen molar-refractivity contribution in [3.63, 3.8) is 0 Å². The zero-order chi connectivity index (χ0) is 23.1. The van der Waals surface area contributed by atoms with Gasteiger partial charge in [-0.25, -0.2) is 14.4 Å². The lowest BCUT2D eigenvalue weighted by atomic mass is 9.65. The van der Waals surface area contributed by atoms with Gasteiger partial charge in [0.1, 0.15) is 6.04 Å². The van der Waals surface area contributed by atoms with Gasteiger partial charge in [-0.05, 0) is 19.3 Å². The smallest absolute Gasteiger partial charge is 0.414 e. The highest BCUT2D eigenvalue weighted by Gasteiger charge is 2.68. The topological polar surface area (TPSA) is 113 Å². The number of ether oxygens (including phenoxy) is 2. The van der Waals surface area contributed by atoms with Crippen molar-refractivity contribution in [1.29, 1.82) is 0 Å². The molecule has 2 heterocycles. The molecule has 30 heavy (non-hydrogen) atoms. The van der Waals surface area contributed by atoms with Gasteiger partial charge < -0.3 is 19.5 Å². The molecule has 0 aromatic carbocycles. The fourth-order valence-corrected chi connectivity index (χ4v) is 7.03. The van der Waals surface area contributed by atoms with Gasteiger partial charge in [0.25, 0.3) is 0 Å². The van der Waals surface area contributed by atoms with Gasteiger partial charge >= 0.3 is 18.0 Å². The SMILES string of the molecule is CC(=O)N1CSC[C@@H]1C(=O)OC(C)OC(=O)N1CSC(C)(C)C1(C(=O)O)C(C)(C)C. The van der Waals surface area contributed by atoms with Crippen molar-refractivity contribution < 1.29 is 33.8 Å². The van der Waals surface area contributed by atoms with E-state index >= 15 is 0 Å². The fourth-order valence-electron chi connectivity index (χ4n) is 4.36. The van der Waals surface area contributed by atoms with Crippen molar-refractivity contribution >= 4 is 47.5 Å². The summed E-state index contributed by atoms with van der Waals surface area (Å²) in [5, 5.41) is 10.2. The van der Waals surface area contributed by atoms with Crippen LogP contribution in [0.5, 0.6) is 0 Å². The van der Waals surface area contributed by atoms with E-state index in [-0.39, 0.29) is 11.8 Å². The second-order valence-electron chi connectivity index (χ2n) is 8.87. The summed E-state index contributed by atoms with van der Waals surface area (Å²) in [5.41, 5.74) is -2.33. The van der Waals surface area contributed by atoms with E-state index in [4.69, 9.17) is 9.47 Å². The minimum atomic E-state index is -1.53. The minimum Gasteiger partial charge on any atom is -0.479 e. The van der Waals surface area contributed by atoms with E-state index in [1.807, 2.05) is 0 Å². The van der Waals surface area contributed by atoms with E-state index in [1.54, 1.807) is 34.6 Å². The molecule has 3 atom stereocenters. The average Bonchev–Trinajstić information content (AvgIpc) is 3.16. The van der Waals surface area contributed by atoms with Crippen LogP contribution in [0.1, 0.15) is 48.5 Å². The molecule has 1 N–H and O–H groups in total. The van der Waals surface area contributed by atoms with Crippen molar-refractivity contribution in [3.8, 4) is 0 Å². The van der Waals surface area contributed by atoms with E-state index in [9.17, 15) is 24.3 Å². The van der Waals surface area contributed by atoms with E-state index in [0.717, 1.165) is 0 Å². The molecular weight excluding hydrogens is 432 g/mol. The second kappa shape index (κ2) is 8.49. The van der Waals surface area contributed by atoms with Gasteiger partial charge in [-0.1, -0.05) is 20.8 Å². The molecule has 170 valence electrons. The van der Waals surface area contributed by atoms with Crippen LogP contribution in [0.25, 0.3) is 0 Å². The Labute approximate surface area is 185 Å². The lowest BCUT2D eigenvalue weighted by Gasteiger charge is -2.49. The third-order valence-electron chi connectivity index (χ3n) is 5.55. The number of esters is 1. The predicted octanol–water partition coefficient (Wildman–Crippen LogP) is 2.59. The summed E-state index contributed by atoms with van der Waals surface area (Å²) in [6.45, 7) is 11.7. The number of nitrogens with zero attached hydrogens (tertiary/aromatic N) is 2. The van der Waals surface area contributed by atoms with Gasteiger partial charge in [0.2, 0.25) is 12.2 Å². The maximum Gasteiger partial charge on any atom is 0.414 e. The van der Waals surface area contributed by atoms with Crippen LogP contribution >= 0.6 is 23.5 Å². The molecule has 2 fully saturated rings. The largest absolute Gasteiger partial charge is 0.479 e. The maximum atomic E-state index is 13.0. The molecule has 2 saturated heterocycles. The molecule has 0 bridgehead atoms. The molecule has 0 aromatic rings. The van der Waals surface area contributed by atoms with E-state index in [2.05, 4.69) is 0 Å². The molecule has 0 spiro atoms. The normalized spacial score (nSPS) is 27.0. The Morgan fingerprint density at radius 2 is 1.73 bits per heavy atom. The van der Waals surface area contributed by atoms with Crippen LogP contribution in [-0.4, -0.2) is 79.0 Å². The summed E-state index contributed by atoms with van der Waals surface area (Å²) in [7, 11) is 0. The van der Waals surface area contributed by atoms with E-state index in [0.29, 0.717) is 11.6 Å². The third kappa shape index (κ3) is 4.10. The van der Waals surface area contributed by atoms with E-state index < -0.39 is 46.1 Å². The average molecular weight is 463 g/mol. The van der Waals surface area contributed by atoms with Crippen molar-refractivity contribution in [3.05, 3.63) is 0 Å². The van der Waals surface area contributed by atoms with Gasteiger partial charge in [-0.2, -0.15) is 0 Å². The Hall–Kier alpha value is -1.62. The second-order valence-corrected chi connectivity index (χ2v) is 11.4. The first-order valence-corrected chi connectivity index (χ1v) is 11.7. The molecule has 2 aliphatic heterocycles. The molecule has 0 saturated carbocycles. The van der Waals surface area contributed by atoms with Crippen molar-refractivity contribution in [1.82, 2.24) is 9.80 Å². The maximum absolute atomic E-state index is 13.0. The van der Waals surface area contributed by atoms with Crippen molar-refractivity contribution in [2.45, 2.75) is 71.1 Å². The molecule has 2 rings (SSSR count). The van der Waals surface area contributed by atoms with Crippen molar-refractivity contribution in [2.24, 2.45) is 5.41 Å². The van der Waals surface area contributed by atoms with Gasteiger partial charge in [-0.3, -0.25) is 9.69 Å². The number of carboxylic acid groups (broad SMARTS) is 1. The van der Waals surface area contributed by atoms with Crippen molar-refractivity contribution in [2.75, 3.05) is 17.5 Å². The van der Waals surface area contributed by atoms with Crippen LogP contribution in [0.2, 0.25) is 0 Å². The number of carboxylic acids is 1. The fraction of sp³-hybridized carbons (Fsp3) is 0.789. The van der Waals surface area contributed by atoms with Crippen LogP contribution < -0.4 is 0 Å². The third-order valence-corrected chi connectivity index (χ3v) is 7.97. The molecule has 0 aliphatic carbocycles. The number of rotatable bonds is 4. The van der Waals surface area contributed by atoms with Gasteiger partial charge in [-0.15, -0.1) is 23.5 Å². The number of amides is 2. The zero-order valence-corrected chi connectivity index (χ0v) is 20.0. The van der Waals surface area contributed by atoms with Crippen LogP contribution in [-0.2, 0) is 23.9 Å². The summed E-state index contributed by atoms with van der Waals surface area (Å²) in [4.78, 5) is 52.1. The molecule has 0 radical (unpaired) electrons. The standard InChI is InChI=1S/C19H30N2O7S2/c1-11(22)20-9-29-8-13(20)14(23)27-12(2)28-16(26)21-10-30-18(6,7)19(21,15(24)25)17(3,4)5/h12-13H,8-10H2,1-7H3,(H,24,25)/t12?,13-,19?/m1/s1. The number of carbonyl (C=O) groups excluding carboxylic acids is 3. The van der Waals surface area contributed by atoms with Crippen LogP contribution in [0, 0.1) is 5.41 Å². The highest BCUT2D eigenvalue weighted by atomic mass is 32.2. The lowest BCUT2D eigenvalue weighted by molar-refractivity contribution is -0.176. The highest BCUT2D eigenvalue weighted by molar-refractivity contribution is 8.01. The number of aliphatic carboxylic acids is 1.